The molecule has 0 bridgehead atoms. The Morgan fingerprint density at radius 1 is 1.10 bits per heavy atom. The van der Waals surface area contributed by atoms with Crippen LogP contribution in [0.5, 0.6) is 0 Å². The van der Waals surface area contributed by atoms with E-state index in [1.165, 1.54) is 11.4 Å². The number of hydrogen-bond donors (Lipinski definition) is 1. The zero-order valence-electron chi connectivity index (χ0n) is 17.0. The van der Waals surface area contributed by atoms with Gasteiger partial charge in [-0.3, -0.25) is 14.8 Å². The number of rotatable bonds is 4. The van der Waals surface area contributed by atoms with Gasteiger partial charge in [-0.05, 0) is 66.9 Å². The first-order valence-corrected chi connectivity index (χ1v) is 10.4. The predicted molar refractivity (Wildman–Crippen MR) is 121 cm³/mol. The number of aryl methyl sites for hydroxylation is 1. The maximum absolute atomic E-state index is 12.4. The van der Waals surface area contributed by atoms with Gasteiger partial charge in [0.2, 0.25) is 5.91 Å². The fraction of sp³-hybridized carbons (Fsp3) is 0.240. The van der Waals surface area contributed by atoms with Crippen LogP contribution in [0.15, 0.2) is 71.9 Å². The minimum atomic E-state index is -0.335. The number of anilines is 2. The summed E-state index contributed by atoms with van der Waals surface area (Å²) in [6.45, 7) is 4.04. The summed E-state index contributed by atoms with van der Waals surface area (Å²) in [4.78, 5) is 23.9. The van der Waals surface area contributed by atoms with Crippen molar-refractivity contribution < 1.29 is 4.79 Å². The number of aliphatic imine (C=N–C) groups is 1. The molecule has 0 saturated carbocycles. The third-order valence-corrected chi connectivity index (χ3v) is 6.06. The molecule has 2 aliphatic rings. The highest BCUT2D eigenvalue weighted by atomic mass is 16.2. The van der Waals surface area contributed by atoms with Gasteiger partial charge in [-0.2, -0.15) is 0 Å². The second-order valence-electron chi connectivity index (χ2n) is 7.98. The number of hydrogen-bond acceptors (Lipinski definition) is 4. The molecule has 3 heterocycles. The summed E-state index contributed by atoms with van der Waals surface area (Å²) in [7, 11) is 0. The molecule has 150 valence electrons. The molecule has 1 fully saturated rings. The van der Waals surface area contributed by atoms with Gasteiger partial charge in [-0.15, -0.1) is 0 Å². The van der Waals surface area contributed by atoms with E-state index in [1.807, 2.05) is 49.5 Å². The molecule has 2 atom stereocenters. The normalized spacial score (nSPS) is 20.6. The Hall–Kier alpha value is -3.47. The van der Waals surface area contributed by atoms with E-state index >= 15 is 0 Å². The Morgan fingerprint density at radius 2 is 1.97 bits per heavy atom. The first-order valence-electron chi connectivity index (χ1n) is 10.4. The molecule has 2 aliphatic heterocycles. The summed E-state index contributed by atoms with van der Waals surface area (Å²) >= 11 is 0. The van der Waals surface area contributed by atoms with Crippen LogP contribution in [0.2, 0.25) is 0 Å². The minimum absolute atomic E-state index is 0.0164. The summed E-state index contributed by atoms with van der Waals surface area (Å²) in [6.07, 6.45) is 4.75. The maximum atomic E-state index is 12.4. The Morgan fingerprint density at radius 3 is 2.77 bits per heavy atom. The monoisotopic (exact) mass is 396 g/mol. The van der Waals surface area contributed by atoms with E-state index in [2.05, 4.69) is 44.5 Å². The lowest BCUT2D eigenvalue weighted by Gasteiger charge is -2.18. The maximum Gasteiger partial charge on any atom is 0.237 e. The molecule has 5 rings (SSSR count). The van der Waals surface area contributed by atoms with Gasteiger partial charge in [0.25, 0.3) is 0 Å². The van der Waals surface area contributed by atoms with E-state index in [0.717, 1.165) is 42.0 Å². The summed E-state index contributed by atoms with van der Waals surface area (Å²) in [5.74, 6) is 0.129. The number of nitrogens with zero attached hydrogens (tertiary/aromatic N) is 3. The molecule has 1 amide bonds. The minimum Gasteiger partial charge on any atom is -0.371 e. The zero-order chi connectivity index (χ0) is 20.5. The van der Waals surface area contributed by atoms with Crippen LogP contribution in [-0.4, -0.2) is 30.2 Å². The smallest absolute Gasteiger partial charge is 0.237 e. The van der Waals surface area contributed by atoms with Gasteiger partial charge in [0, 0.05) is 48.5 Å². The Bertz CT molecular complexity index is 1090. The number of carbonyl (C=O) groups is 1. The van der Waals surface area contributed by atoms with E-state index < -0.39 is 0 Å². The lowest BCUT2D eigenvalue weighted by atomic mass is 9.97. The van der Waals surface area contributed by atoms with Crippen molar-refractivity contribution in [3.05, 3.63) is 83.7 Å². The Labute approximate surface area is 176 Å². The molecule has 1 saturated heterocycles. The summed E-state index contributed by atoms with van der Waals surface area (Å²) < 4.78 is 0. The van der Waals surface area contributed by atoms with Crippen molar-refractivity contribution in [2.24, 2.45) is 4.99 Å². The molecule has 0 spiro atoms. The fourth-order valence-corrected chi connectivity index (χ4v) is 4.45. The first-order chi connectivity index (χ1) is 14.7. The van der Waals surface area contributed by atoms with Crippen molar-refractivity contribution in [2.75, 3.05) is 23.3 Å². The van der Waals surface area contributed by atoms with Crippen LogP contribution in [0.3, 0.4) is 0 Å². The Balaban J connectivity index is 1.28. The molecule has 5 heteroatoms. The number of carbonyl (C=O) groups excluding carboxylic acids is 1. The van der Waals surface area contributed by atoms with Gasteiger partial charge < -0.3 is 10.2 Å². The fourth-order valence-electron chi connectivity index (χ4n) is 4.45. The van der Waals surface area contributed by atoms with E-state index in [1.54, 1.807) is 6.21 Å². The van der Waals surface area contributed by atoms with Gasteiger partial charge in [-0.1, -0.05) is 18.2 Å². The average Bonchev–Trinajstić information content (AvgIpc) is 3.39. The summed E-state index contributed by atoms with van der Waals surface area (Å²) in [6, 6.07) is 20.3. The van der Waals surface area contributed by atoms with E-state index in [9.17, 15) is 4.79 Å². The average molecular weight is 396 g/mol. The number of pyridine rings is 1. The Kier molecular flexibility index (Phi) is 4.79. The van der Waals surface area contributed by atoms with Crippen LogP contribution >= 0.6 is 0 Å². The number of aromatic nitrogens is 1. The standard InChI is InChI=1S/C25H24N4O/c1-17-5-4-7-23-24(17)21(25(30)28-23)15-27-19-8-10-20(11-9-19)29-14-12-18(16-29)22-6-2-3-13-26-22/h2-11,13,15,18,21H,12,14,16H2,1H3,(H,28,30). The highest BCUT2D eigenvalue weighted by molar-refractivity contribution is 6.13. The number of nitrogens with one attached hydrogen (secondary N) is 1. The van der Waals surface area contributed by atoms with Crippen LogP contribution in [0.4, 0.5) is 17.1 Å². The molecule has 2 unspecified atom stereocenters. The molecule has 30 heavy (non-hydrogen) atoms. The molecular weight excluding hydrogens is 372 g/mol. The zero-order valence-corrected chi connectivity index (χ0v) is 17.0. The largest absolute Gasteiger partial charge is 0.371 e. The first kappa shape index (κ1) is 18.6. The SMILES string of the molecule is Cc1cccc2c1C(C=Nc1ccc(N3CCC(c4ccccn4)C3)cc1)C(=O)N2. The molecule has 0 aliphatic carbocycles. The van der Waals surface area contributed by atoms with E-state index in [0.29, 0.717) is 5.92 Å². The molecule has 1 aromatic heterocycles. The van der Waals surface area contributed by atoms with Crippen molar-refractivity contribution in [3.8, 4) is 0 Å². The van der Waals surface area contributed by atoms with E-state index in [4.69, 9.17) is 0 Å². The van der Waals surface area contributed by atoms with Crippen molar-refractivity contribution in [1.29, 1.82) is 0 Å². The highest BCUT2D eigenvalue weighted by Gasteiger charge is 2.30. The van der Waals surface area contributed by atoms with Crippen molar-refractivity contribution in [1.82, 2.24) is 4.98 Å². The highest BCUT2D eigenvalue weighted by Crippen LogP contribution is 2.35. The van der Waals surface area contributed by atoms with Crippen molar-refractivity contribution in [3.63, 3.8) is 0 Å². The van der Waals surface area contributed by atoms with Gasteiger partial charge in [0.1, 0.15) is 5.92 Å². The van der Waals surface area contributed by atoms with Gasteiger partial charge in [-0.25, -0.2) is 0 Å². The lowest BCUT2D eigenvalue weighted by Crippen LogP contribution is -2.19. The molecule has 1 N–H and O–H groups in total. The summed E-state index contributed by atoms with van der Waals surface area (Å²) in [5.41, 5.74) is 6.26. The number of amides is 1. The third kappa shape index (κ3) is 3.47. The quantitative estimate of drug-likeness (QED) is 0.643. The molecular formula is C25H24N4O. The molecule has 2 aromatic carbocycles. The van der Waals surface area contributed by atoms with Gasteiger partial charge in [0.05, 0.1) is 5.69 Å². The van der Waals surface area contributed by atoms with Crippen LogP contribution < -0.4 is 10.2 Å². The van der Waals surface area contributed by atoms with Crippen molar-refractivity contribution in [2.45, 2.75) is 25.2 Å². The van der Waals surface area contributed by atoms with E-state index in [-0.39, 0.29) is 11.8 Å². The lowest BCUT2D eigenvalue weighted by molar-refractivity contribution is -0.115. The second-order valence-corrected chi connectivity index (χ2v) is 7.98. The topological polar surface area (TPSA) is 57.6 Å². The number of benzene rings is 2. The third-order valence-electron chi connectivity index (χ3n) is 6.06. The summed E-state index contributed by atoms with van der Waals surface area (Å²) in [5, 5.41) is 2.95. The van der Waals surface area contributed by atoms with Gasteiger partial charge >= 0.3 is 0 Å². The predicted octanol–water partition coefficient (Wildman–Crippen LogP) is 4.82. The van der Waals surface area contributed by atoms with Crippen LogP contribution in [0, 0.1) is 6.92 Å². The van der Waals surface area contributed by atoms with Crippen LogP contribution in [-0.2, 0) is 4.79 Å². The molecule has 3 aromatic rings. The molecule has 0 radical (unpaired) electrons. The number of fused-ring (bicyclic) bond motifs is 1. The van der Waals surface area contributed by atoms with Crippen LogP contribution in [0.1, 0.15) is 35.1 Å². The van der Waals surface area contributed by atoms with Gasteiger partial charge in [0.15, 0.2) is 0 Å². The van der Waals surface area contributed by atoms with Crippen molar-refractivity contribution >= 4 is 29.2 Å². The molecule has 5 nitrogen and oxygen atoms in total. The van der Waals surface area contributed by atoms with Crippen LogP contribution in [0.25, 0.3) is 0 Å². The second kappa shape index (κ2) is 7.75.